The lowest BCUT2D eigenvalue weighted by Crippen LogP contribution is -2.32. The average Bonchev–Trinajstić information content (AvgIpc) is 3.05. The molecule has 0 spiro atoms. The summed E-state index contributed by atoms with van der Waals surface area (Å²) in [5.41, 5.74) is 1.91. The number of halogens is 4. The van der Waals surface area contributed by atoms with Crippen molar-refractivity contribution in [3.8, 4) is 16.9 Å². The Morgan fingerprint density at radius 3 is 2.62 bits per heavy atom. The number of hydrogen-bond donors (Lipinski definition) is 2. The molecule has 0 aliphatic carbocycles. The Hall–Kier alpha value is -2.91. The Balaban J connectivity index is 2.17. The number of nitrogen functional groups attached to an aromatic ring is 1. The lowest BCUT2D eigenvalue weighted by molar-refractivity contribution is -0.137. The van der Waals surface area contributed by atoms with Gasteiger partial charge in [-0.2, -0.15) is 13.2 Å². The Kier molecular flexibility index (Phi) is 4.66. The van der Waals surface area contributed by atoms with Gasteiger partial charge in [-0.25, -0.2) is 5.84 Å². The smallest absolute Gasteiger partial charge is 0.310 e. The number of carbonyl (C=O) groups excluding carboxylic acids is 1. The van der Waals surface area contributed by atoms with Gasteiger partial charge in [0.25, 0.3) is 5.91 Å². The standard InChI is InChI=1S/C16H11ClF3N5O/c17-12-6-9(16(18,19)20)7-23-13(12)11-3-5-25(14(11)15(26)24-21)10-2-1-4-22-8-10/h1-8H,21H2,(H,24,26). The van der Waals surface area contributed by atoms with Crippen molar-refractivity contribution in [1.82, 2.24) is 20.0 Å². The second-order valence-corrected chi connectivity index (χ2v) is 5.59. The van der Waals surface area contributed by atoms with Crippen LogP contribution in [0.15, 0.2) is 49.1 Å². The van der Waals surface area contributed by atoms with E-state index in [1.807, 2.05) is 5.43 Å². The van der Waals surface area contributed by atoms with Crippen molar-refractivity contribution < 1.29 is 18.0 Å². The SMILES string of the molecule is NNC(=O)c1c(-c2ncc(C(F)(F)F)cc2Cl)ccn1-c1cccnc1. The number of alkyl halides is 3. The number of nitrogens with two attached hydrogens (primary N) is 1. The minimum absolute atomic E-state index is 0.0286. The van der Waals surface area contributed by atoms with E-state index >= 15 is 0 Å². The Morgan fingerprint density at radius 1 is 1.27 bits per heavy atom. The average molecular weight is 382 g/mol. The third-order valence-electron chi connectivity index (χ3n) is 3.58. The second kappa shape index (κ2) is 6.77. The molecule has 0 bridgehead atoms. The summed E-state index contributed by atoms with van der Waals surface area (Å²) in [5.74, 6) is 4.59. The zero-order valence-electron chi connectivity index (χ0n) is 13.0. The number of nitrogens with one attached hydrogen (secondary N) is 1. The van der Waals surface area contributed by atoms with Crippen LogP contribution >= 0.6 is 11.6 Å². The van der Waals surface area contributed by atoms with E-state index in [-0.39, 0.29) is 22.0 Å². The van der Waals surface area contributed by atoms with Gasteiger partial charge in [0.15, 0.2) is 0 Å². The molecule has 6 nitrogen and oxygen atoms in total. The first-order valence-corrected chi connectivity index (χ1v) is 7.56. The number of carbonyl (C=O) groups is 1. The van der Waals surface area contributed by atoms with Gasteiger partial charge >= 0.3 is 6.18 Å². The van der Waals surface area contributed by atoms with E-state index < -0.39 is 17.6 Å². The van der Waals surface area contributed by atoms with Gasteiger partial charge in [0.05, 0.1) is 28.2 Å². The number of nitrogens with zero attached hydrogens (tertiary/aromatic N) is 3. The molecule has 0 aromatic carbocycles. The minimum atomic E-state index is -4.58. The zero-order valence-corrected chi connectivity index (χ0v) is 13.7. The van der Waals surface area contributed by atoms with Crippen LogP contribution in [0.4, 0.5) is 13.2 Å². The Morgan fingerprint density at radius 2 is 2.04 bits per heavy atom. The molecule has 26 heavy (non-hydrogen) atoms. The van der Waals surface area contributed by atoms with Crippen LogP contribution in [0.3, 0.4) is 0 Å². The summed E-state index contributed by atoms with van der Waals surface area (Å²) in [4.78, 5) is 20.0. The fraction of sp³-hybridized carbons (Fsp3) is 0.0625. The third kappa shape index (κ3) is 3.26. The molecule has 10 heteroatoms. The fourth-order valence-electron chi connectivity index (χ4n) is 2.43. The normalized spacial score (nSPS) is 11.4. The van der Waals surface area contributed by atoms with Crippen molar-refractivity contribution >= 4 is 17.5 Å². The molecule has 3 heterocycles. The van der Waals surface area contributed by atoms with Crippen LogP contribution in [0.1, 0.15) is 16.1 Å². The zero-order chi connectivity index (χ0) is 18.9. The van der Waals surface area contributed by atoms with E-state index in [2.05, 4.69) is 9.97 Å². The first-order valence-electron chi connectivity index (χ1n) is 7.18. The highest BCUT2D eigenvalue weighted by Gasteiger charge is 2.32. The summed E-state index contributed by atoms with van der Waals surface area (Å²) in [6, 6.07) is 5.64. The van der Waals surface area contributed by atoms with E-state index in [1.165, 1.54) is 16.8 Å². The third-order valence-corrected chi connectivity index (χ3v) is 3.87. The molecule has 1 amide bonds. The van der Waals surface area contributed by atoms with Crippen LogP contribution < -0.4 is 11.3 Å². The monoisotopic (exact) mass is 381 g/mol. The van der Waals surface area contributed by atoms with Crippen LogP contribution in [-0.4, -0.2) is 20.4 Å². The van der Waals surface area contributed by atoms with Crippen molar-refractivity contribution in [2.24, 2.45) is 5.84 Å². The van der Waals surface area contributed by atoms with Gasteiger partial charge in [0, 0.05) is 24.2 Å². The molecular weight excluding hydrogens is 371 g/mol. The number of amides is 1. The van der Waals surface area contributed by atoms with Crippen molar-refractivity contribution in [2.45, 2.75) is 6.18 Å². The maximum Gasteiger partial charge on any atom is 0.417 e. The summed E-state index contributed by atoms with van der Waals surface area (Å²) in [7, 11) is 0. The summed E-state index contributed by atoms with van der Waals surface area (Å²) in [6.07, 6.45) is 0.706. The quantitative estimate of drug-likeness (QED) is 0.414. The van der Waals surface area contributed by atoms with Crippen LogP contribution in [0.5, 0.6) is 0 Å². The summed E-state index contributed by atoms with van der Waals surface area (Å²) in [6.45, 7) is 0. The van der Waals surface area contributed by atoms with E-state index in [4.69, 9.17) is 17.4 Å². The molecule has 134 valence electrons. The first kappa shape index (κ1) is 17.9. The van der Waals surface area contributed by atoms with E-state index in [0.717, 1.165) is 6.07 Å². The highest BCUT2D eigenvalue weighted by Crippen LogP contribution is 2.35. The predicted molar refractivity (Wildman–Crippen MR) is 88.5 cm³/mol. The van der Waals surface area contributed by atoms with Gasteiger partial charge in [-0.05, 0) is 24.3 Å². The molecule has 0 unspecified atom stereocenters. The van der Waals surface area contributed by atoms with Crippen molar-refractivity contribution in [1.29, 1.82) is 0 Å². The van der Waals surface area contributed by atoms with Crippen molar-refractivity contribution in [3.63, 3.8) is 0 Å². The lowest BCUT2D eigenvalue weighted by atomic mass is 10.1. The highest BCUT2D eigenvalue weighted by atomic mass is 35.5. The van der Waals surface area contributed by atoms with Crippen LogP contribution in [0, 0.1) is 0 Å². The second-order valence-electron chi connectivity index (χ2n) is 5.18. The van der Waals surface area contributed by atoms with Gasteiger partial charge in [0.1, 0.15) is 5.69 Å². The minimum Gasteiger partial charge on any atom is -0.310 e. The summed E-state index contributed by atoms with van der Waals surface area (Å²) in [5, 5.41) is -0.241. The number of hydrazine groups is 1. The highest BCUT2D eigenvalue weighted by molar-refractivity contribution is 6.33. The van der Waals surface area contributed by atoms with Crippen LogP contribution in [-0.2, 0) is 6.18 Å². The van der Waals surface area contributed by atoms with E-state index in [9.17, 15) is 18.0 Å². The molecule has 3 aromatic rings. The van der Waals surface area contributed by atoms with Crippen molar-refractivity contribution in [3.05, 3.63) is 65.3 Å². The molecule has 0 saturated heterocycles. The molecule has 0 atom stereocenters. The van der Waals surface area contributed by atoms with Gasteiger partial charge < -0.3 is 4.57 Å². The number of rotatable bonds is 3. The van der Waals surface area contributed by atoms with E-state index in [1.54, 1.807) is 24.5 Å². The Bertz CT molecular complexity index is 956. The topological polar surface area (TPSA) is 85.8 Å². The maximum absolute atomic E-state index is 12.8. The summed E-state index contributed by atoms with van der Waals surface area (Å²) < 4.78 is 39.9. The molecule has 0 fully saturated rings. The van der Waals surface area contributed by atoms with Crippen LogP contribution in [0.2, 0.25) is 5.02 Å². The van der Waals surface area contributed by atoms with Gasteiger partial charge in [-0.1, -0.05) is 11.6 Å². The van der Waals surface area contributed by atoms with Gasteiger partial charge in [0.2, 0.25) is 0 Å². The molecule has 0 aliphatic heterocycles. The fourth-order valence-corrected chi connectivity index (χ4v) is 2.69. The molecule has 0 aliphatic rings. The van der Waals surface area contributed by atoms with Crippen LogP contribution in [0.25, 0.3) is 16.9 Å². The van der Waals surface area contributed by atoms with E-state index in [0.29, 0.717) is 11.9 Å². The number of hydrogen-bond acceptors (Lipinski definition) is 4. The summed E-state index contributed by atoms with van der Waals surface area (Å²) >= 11 is 6.00. The molecule has 3 aromatic heterocycles. The largest absolute Gasteiger partial charge is 0.417 e. The molecule has 3 rings (SSSR count). The van der Waals surface area contributed by atoms with Gasteiger partial charge in [-0.3, -0.25) is 20.2 Å². The first-order chi connectivity index (χ1) is 12.3. The maximum atomic E-state index is 12.8. The molecular formula is C16H11ClF3N5O. The molecule has 0 saturated carbocycles. The molecule has 3 N–H and O–H groups in total. The van der Waals surface area contributed by atoms with Gasteiger partial charge in [-0.15, -0.1) is 0 Å². The predicted octanol–water partition coefficient (Wildman–Crippen LogP) is 3.21. The Labute approximate surface area is 150 Å². The number of aromatic nitrogens is 3. The number of pyridine rings is 2. The molecule has 0 radical (unpaired) electrons. The van der Waals surface area contributed by atoms with Crippen molar-refractivity contribution in [2.75, 3.05) is 0 Å². The lowest BCUT2D eigenvalue weighted by Gasteiger charge is -2.12.